The second-order valence-corrected chi connectivity index (χ2v) is 12.0. The van der Waals surface area contributed by atoms with Crippen LogP contribution in [-0.2, 0) is 35.1 Å². The molecule has 7 amide bonds. The number of ether oxygens (including phenoxy) is 1. The lowest BCUT2D eigenvalue weighted by Crippen LogP contribution is -2.61. The first kappa shape index (κ1) is 37.1. The summed E-state index contributed by atoms with van der Waals surface area (Å²) >= 11 is 0. The summed E-state index contributed by atoms with van der Waals surface area (Å²) in [6, 6.07) is 3.38. The van der Waals surface area contributed by atoms with Crippen LogP contribution in [0.1, 0.15) is 45.6 Å². The number of nitrogens with one attached hydrogen (secondary N) is 3. The summed E-state index contributed by atoms with van der Waals surface area (Å²) in [5.41, 5.74) is 5.96. The fraction of sp³-hybridized carbons (Fsp3) is 0.581. The van der Waals surface area contributed by atoms with E-state index in [4.69, 9.17) is 10.5 Å². The Balaban J connectivity index is 1.82. The van der Waals surface area contributed by atoms with Crippen LogP contribution < -0.4 is 21.7 Å². The highest BCUT2D eigenvalue weighted by Gasteiger charge is 2.42. The summed E-state index contributed by atoms with van der Waals surface area (Å²) in [6.45, 7) is 4.47. The third kappa shape index (κ3) is 9.56. The molecular weight excluding hydrogens is 614 g/mol. The lowest BCUT2D eigenvalue weighted by molar-refractivity contribution is -0.148. The van der Waals surface area contributed by atoms with Crippen molar-refractivity contribution < 1.29 is 43.7 Å². The predicted octanol–water partition coefficient (Wildman–Crippen LogP) is -1.37. The van der Waals surface area contributed by atoms with Crippen molar-refractivity contribution in [2.45, 2.75) is 82.8 Å². The van der Waals surface area contributed by atoms with E-state index in [0.717, 1.165) is 15.5 Å². The molecule has 258 valence electrons. The Kier molecular flexibility index (Phi) is 13.4. The number of carbonyl (C=O) groups is 6. The fourth-order valence-corrected chi connectivity index (χ4v) is 5.44. The standard InChI is InChI=1S/C31H45N7O9/c1-17(2)25(40)24(36-23(39)16-47-4)30(45)38-22(11-8-13-33-38)28(43)35-21(15-19-9-6-5-7-10-19)26(41)18(3)27(42)34-20-12-14-37(29(20)44)31(32)46/h5-7,9-10,13,17-18,20-22,24-26,40-41H,8,11-12,14-16H2,1-4H3,(H2,32,46)(H,34,42)(H,35,43)(H,36,39)/t18-,20+,21-,22-,24+,25+,26-/m0/s1. The molecule has 0 unspecified atom stereocenters. The molecule has 2 aliphatic rings. The Bertz CT molecular complexity index is 1330. The summed E-state index contributed by atoms with van der Waals surface area (Å²) in [6.07, 6.45) is -0.551. The Morgan fingerprint density at radius 2 is 1.72 bits per heavy atom. The van der Waals surface area contributed by atoms with Gasteiger partial charge in [0.25, 0.3) is 11.8 Å². The summed E-state index contributed by atoms with van der Waals surface area (Å²) in [5.74, 6) is -5.02. The van der Waals surface area contributed by atoms with E-state index < -0.39 is 83.8 Å². The highest BCUT2D eigenvalue weighted by molar-refractivity contribution is 6.00. The first-order valence-electron chi connectivity index (χ1n) is 15.5. The fourth-order valence-electron chi connectivity index (χ4n) is 5.44. The minimum absolute atomic E-state index is 0.0486. The van der Waals surface area contributed by atoms with Gasteiger partial charge in [0.15, 0.2) is 0 Å². The van der Waals surface area contributed by atoms with Gasteiger partial charge in [-0.1, -0.05) is 51.1 Å². The van der Waals surface area contributed by atoms with Gasteiger partial charge in [-0.3, -0.25) is 28.9 Å². The van der Waals surface area contributed by atoms with Crippen LogP contribution >= 0.6 is 0 Å². The molecule has 16 nitrogen and oxygen atoms in total. The number of rotatable bonds is 14. The van der Waals surface area contributed by atoms with Gasteiger partial charge >= 0.3 is 6.03 Å². The first-order valence-corrected chi connectivity index (χ1v) is 15.5. The summed E-state index contributed by atoms with van der Waals surface area (Å²) in [4.78, 5) is 77.8. The van der Waals surface area contributed by atoms with Gasteiger partial charge in [-0.05, 0) is 37.2 Å². The van der Waals surface area contributed by atoms with Crippen LogP contribution in [0.3, 0.4) is 0 Å². The maximum atomic E-state index is 13.8. The second kappa shape index (κ2) is 16.9. The number of urea groups is 1. The highest BCUT2D eigenvalue weighted by Crippen LogP contribution is 2.20. The molecular formula is C31H45N7O9. The summed E-state index contributed by atoms with van der Waals surface area (Å²) in [5, 5.41) is 35.1. The van der Waals surface area contributed by atoms with Gasteiger partial charge in [0.2, 0.25) is 17.7 Å². The molecule has 47 heavy (non-hydrogen) atoms. The third-order valence-electron chi connectivity index (χ3n) is 8.23. The Morgan fingerprint density at radius 3 is 2.32 bits per heavy atom. The summed E-state index contributed by atoms with van der Waals surface area (Å²) < 4.78 is 4.83. The number of nitrogens with zero attached hydrogens (tertiary/aromatic N) is 3. The van der Waals surface area contributed by atoms with Crippen molar-refractivity contribution in [3.63, 3.8) is 0 Å². The van der Waals surface area contributed by atoms with Gasteiger partial charge in [0.05, 0.1) is 24.2 Å². The average molecular weight is 660 g/mol. The minimum atomic E-state index is -1.46. The number of aliphatic hydroxyl groups excluding tert-OH is 2. The number of hydrazone groups is 1. The number of carbonyl (C=O) groups excluding carboxylic acids is 6. The number of methoxy groups -OCH3 is 1. The number of hydrogen-bond donors (Lipinski definition) is 6. The van der Waals surface area contributed by atoms with Crippen molar-refractivity contribution in [2.24, 2.45) is 22.7 Å². The molecule has 7 atom stereocenters. The zero-order chi connectivity index (χ0) is 34.8. The highest BCUT2D eigenvalue weighted by atomic mass is 16.5. The van der Waals surface area contributed by atoms with Gasteiger partial charge in [-0.15, -0.1) is 0 Å². The lowest BCUT2D eigenvalue weighted by atomic mass is 9.91. The first-order chi connectivity index (χ1) is 22.3. The largest absolute Gasteiger partial charge is 0.390 e. The van der Waals surface area contributed by atoms with E-state index >= 15 is 0 Å². The van der Waals surface area contributed by atoms with E-state index in [2.05, 4.69) is 21.1 Å². The molecule has 2 aliphatic heterocycles. The van der Waals surface area contributed by atoms with Crippen molar-refractivity contribution in [1.29, 1.82) is 0 Å². The molecule has 2 heterocycles. The molecule has 7 N–H and O–H groups in total. The van der Waals surface area contributed by atoms with Crippen molar-refractivity contribution in [3.8, 4) is 0 Å². The molecule has 1 aromatic rings. The van der Waals surface area contributed by atoms with E-state index in [1.807, 2.05) is 0 Å². The quantitative estimate of drug-likeness (QED) is 0.138. The molecule has 3 rings (SSSR count). The maximum Gasteiger partial charge on any atom is 0.321 e. The average Bonchev–Trinajstić information content (AvgIpc) is 3.41. The number of imide groups is 1. The van der Waals surface area contributed by atoms with Gasteiger partial charge in [0.1, 0.15) is 24.7 Å². The van der Waals surface area contributed by atoms with E-state index in [1.54, 1.807) is 44.2 Å². The zero-order valence-electron chi connectivity index (χ0n) is 27.0. The number of nitrogens with two attached hydrogens (primary N) is 1. The van der Waals surface area contributed by atoms with Gasteiger partial charge < -0.3 is 36.6 Å². The molecule has 0 saturated carbocycles. The van der Waals surface area contributed by atoms with Gasteiger partial charge in [0, 0.05) is 19.9 Å². The normalized spacial score (nSPS) is 21.0. The number of primary amides is 1. The molecule has 1 aromatic carbocycles. The van der Waals surface area contributed by atoms with Crippen molar-refractivity contribution in [1.82, 2.24) is 25.9 Å². The number of aliphatic hydroxyl groups is 2. The molecule has 0 aliphatic carbocycles. The predicted molar refractivity (Wildman–Crippen MR) is 168 cm³/mol. The van der Waals surface area contributed by atoms with Crippen molar-refractivity contribution in [2.75, 3.05) is 20.3 Å². The third-order valence-corrected chi connectivity index (χ3v) is 8.23. The van der Waals surface area contributed by atoms with E-state index in [9.17, 15) is 39.0 Å². The van der Waals surface area contributed by atoms with E-state index in [-0.39, 0.29) is 32.4 Å². The molecule has 16 heteroatoms. The maximum absolute atomic E-state index is 13.8. The van der Waals surface area contributed by atoms with Crippen LogP contribution in [0.4, 0.5) is 4.79 Å². The Morgan fingerprint density at radius 1 is 1.04 bits per heavy atom. The molecule has 0 spiro atoms. The number of hydrogen-bond acceptors (Lipinski definition) is 10. The zero-order valence-corrected chi connectivity index (χ0v) is 27.0. The van der Waals surface area contributed by atoms with Gasteiger partial charge in [-0.2, -0.15) is 5.10 Å². The molecule has 1 fully saturated rings. The molecule has 1 saturated heterocycles. The Labute approximate surface area is 273 Å². The minimum Gasteiger partial charge on any atom is -0.390 e. The van der Waals surface area contributed by atoms with Crippen LogP contribution in [0, 0.1) is 11.8 Å². The van der Waals surface area contributed by atoms with Crippen LogP contribution in [0.25, 0.3) is 0 Å². The monoisotopic (exact) mass is 659 g/mol. The van der Waals surface area contributed by atoms with Gasteiger partial charge in [-0.25, -0.2) is 9.80 Å². The Hall–Kier alpha value is -4.41. The topological polar surface area (TPSA) is 233 Å². The number of amides is 7. The van der Waals surface area contributed by atoms with Crippen molar-refractivity contribution >= 4 is 41.8 Å². The number of benzene rings is 1. The van der Waals surface area contributed by atoms with Crippen molar-refractivity contribution in [3.05, 3.63) is 35.9 Å². The number of likely N-dealkylation sites (tertiary alicyclic amines) is 1. The van der Waals surface area contributed by atoms with E-state index in [0.29, 0.717) is 6.42 Å². The molecule has 0 aromatic heterocycles. The van der Waals surface area contributed by atoms with E-state index in [1.165, 1.54) is 20.2 Å². The van der Waals surface area contributed by atoms with Crippen LogP contribution in [0.2, 0.25) is 0 Å². The van der Waals surface area contributed by atoms with Crippen LogP contribution in [0.15, 0.2) is 35.4 Å². The van der Waals surface area contributed by atoms with Crippen LogP contribution in [0.5, 0.6) is 0 Å². The second-order valence-electron chi connectivity index (χ2n) is 12.0. The molecule has 0 bridgehead atoms. The molecule has 0 radical (unpaired) electrons. The van der Waals surface area contributed by atoms with Crippen LogP contribution in [-0.4, -0.2) is 119 Å². The lowest BCUT2D eigenvalue weighted by Gasteiger charge is -2.36. The SMILES string of the molecule is COCC(=O)N[C@@H](C(=O)N1N=CCC[C@H]1C(=O)N[C@@H](Cc1ccccc1)[C@@H](O)[C@H](C)C(=O)N[C@@H]1CCN(C(N)=O)C1=O)[C@H](O)C(C)C. The summed E-state index contributed by atoms with van der Waals surface area (Å²) in [7, 11) is 1.31. The smallest absolute Gasteiger partial charge is 0.321 e.